The molecule has 8 nitrogen and oxygen atoms in total. The van der Waals surface area contributed by atoms with Crippen molar-refractivity contribution in [2.24, 2.45) is 0 Å². The Morgan fingerprint density at radius 2 is 2.00 bits per heavy atom. The topological polar surface area (TPSA) is 118 Å². The number of hydrogen-bond acceptors (Lipinski definition) is 6. The second-order valence-corrected chi connectivity index (χ2v) is 4.53. The van der Waals surface area contributed by atoms with Gasteiger partial charge < -0.3 is 10.4 Å². The van der Waals surface area contributed by atoms with E-state index in [0.29, 0.717) is 0 Å². The van der Waals surface area contributed by atoms with Crippen molar-refractivity contribution in [1.82, 2.24) is 10.2 Å². The molecule has 0 atom stereocenters. The largest absolute Gasteiger partial charge is 0.506 e. The Balaban J connectivity index is 2.33. The van der Waals surface area contributed by atoms with E-state index in [1.54, 1.807) is 0 Å². The van der Waals surface area contributed by atoms with Crippen molar-refractivity contribution in [2.75, 3.05) is 5.32 Å². The molecule has 2 rings (SSSR count). The summed E-state index contributed by atoms with van der Waals surface area (Å²) in [6.07, 6.45) is 0. The van der Waals surface area contributed by atoms with Crippen LogP contribution in [-0.4, -0.2) is 26.1 Å². The summed E-state index contributed by atoms with van der Waals surface area (Å²) in [5.41, 5.74) is -0.513. The van der Waals surface area contributed by atoms with Crippen LogP contribution in [0.25, 0.3) is 0 Å². The van der Waals surface area contributed by atoms with Crippen LogP contribution in [0, 0.1) is 10.1 Å². The van der Waals surface area contributed by atoms with E-state index in [-0.39, 0.29) is 33.0 Å². The fraction of sp³-hybridized carbons (Fsp3) is 0. The number of anilines is 1. The number of phenolic OH excluding ortho intramolecular Hbond substituents is 1. The molecule has 21 heavy (non-hydrogen) atoms. The fourth-order valence-corrected chi connectivity index (χ4v) is 1.76. The molecule has 1 amide bonds. The van der Waals surface area contributed by atoms with E-state index in [9.17, 15) is 20.0 Å². The summed E-state index contributed by atoms with van der Waals surface area (Å²) in [6, 6.07) is 4.38. The van der Waals surface area contributed by atoms with Crippen molar-refractivity contribution >= 4 is 40.5 Å². The highest BCUT2D eigenvalue weighted by Crippen LogP contribution is 2.28. The van der Waals surface area contributed by atoms with Gasteiger partial charge in [0.15, 0.2) is 10.3 Å². The first-order chi connectivity index (χ1) is 9.88. The van der Waals surface area contributed by atoms with Crippen LogP contribution in [0.3, 0.4) is 0 Å². The molecule has 108 valence electrons. The minimum atomic E-state index is -0.743. The van der Waals surface area contributed by atoms with Crippen molar-refractivity contribution in [3.63, 3.8) is 0 Å². The van der Waals surface area contributed by atoms with Gasteiger partial charge in [-0.15, -0.1) is 10.2 Å². The van der Waals surface area contributed by atoms with E-state index in [1.165, 1.54) is 6.07 Å². The fourth-order valence-electron chi connectivity index (χ4n) is 1.44. The SMILES string of the molecule is O=C(Nc1cc([N+](=O)[O-])ccc1O)c1cc(Cl)nnc1Cl. The van der Waals surface area contributed by atoms with Gasteiger partial charge in [-0.1, -0.05) is 23.2 Å². The van der Waals surface area contributed by atoms with E-state index in [2.05, 4.69) is 15.5 Å². The maximum Gasteiger partial charge on any atom is 0.271 e. The number of aromatic nitrogens is 2. The highest BCUT2D eigenvalue weighted by Gasteiger charge is 2.17. The Morgan fingerprint density at radius 3 is 2.67 bits per heavy atom. The molecule has 1 heterocycles. The monoisotopic (exact) mass is 328 g/mol. The molecule has 0 aliphatic carbocycles. The van der Waals surface area contributed by atoms with Crippen LogP contribution in [0.15, 0.2) is 24.3 Å². The molecule has 0 aliphatic rings. The van der Waals surface area contributed by atoms with E-state index >= 15 is 0 Å². The van der Waals surface area contributed by atoms with Crippen molar-refractivity contribution in [1.29, 1.82) is 0 Å². The Hall–Kier alpha value is -2.45. The van der Waals surface area contributed by atoms with Gasteiger partial charge in [0.25, 0.3) is 11.6 Å². The summed E-state index contributed by atoms with van der Waals surface area (Å²) in [4.78, 5) is 22.0. The number of amides is 1. The third kappa shape index (κ3) is 3.36. The van der Waals surface area contributed by atoms with Gasteiger partial charge in [-0.3, -0.25) is 14.9 Å². The van der Waals surface area contributed by atoms with Crippen LogP contribution in [-0.2, 0) is 0 Å². The number of halogens is 2. The molecule has 0 bridgehead atoms. The Bertz CT molecular complexity index is 738. The molecule has 0 fully saturated rings. The van der Waals surface area contributed by atoms with Crippen molar-refractivity contribution < 1.29 is 14.8 Å². The standard InChI is InChI=1S/C11H6Cl2N4O4/c12-9-4-6(10(13)16-15-9)11(19)14-7-3-5(17(20)21)1-2-8(7)18/h1-4,18H,(H,14,19). The predicted octanol–water partition coefficient (Wildman–Crippen LogP) is 2.65. The molecule has 0 saturated heterocycles. The van der Waals surface area contributed by atoms with Gasteiger partial charge in [0.2, 0.25) is 0 Å². The highest BCUT2D eigenvalue weighted by molar-refractivity contribution is 6.34. The molecule has 0 unspecified atom stereocenters. The van der Waals surface area contributed by atoms with Crippen molar-refractivity contribution in [3.05, 3.63) is 50.2 Å². The first-order valence-corrected chi connectivity index (χ1v) is 6.11. The van der Waals surface area contributed by atoms with E-state index in [1.807, 2.05) is 0 Å². The predicted molar refractivity (Wildman–Crippen MR) is 74.8 cm³/mol. The lowest BCUT2D eigenvalue weighted by atomic mass is 10.2. The normalized spacial score (nSPS) is 10.2. The zero-order valence-corrected chi connectivity index (χ0v) is 11.6. The third-order valence-corrected chi connectivity index (χ3v) is 2.87. The van der Waals surface area contributed by atoms with E-state index in [4.69, 9.17) is 23.2 Å². The number of nitro benzene ring substituents is 1. The summed E-state index contributed by atoms with van der Waals surface area (Å²) in [5.74, 6) is -1.08. The van der Waals surface area contributed by atoms with Gasteiger partial charge in [-0.25, -0.2) is 0 Å². The number of nitrogens with one attached hydrogen (secondary N) is 1. The number of hydrogen-bond donors (Lipinski definition) is 2. The number of nitro groups is 1. The lowest BCUT2D eigenvalue weighted by Crippen LogP contribution is -2.13. The van der Waals surface area contributed by atoms with Crippen LogP contribution in [0.2, 0.25) is 10.3 Å². The number of rotatable bonds is 3. The quantitative estimate of drug-likeness (QED) is 0.508. The average molecular weight is 329 g/mol. The lowest BCUT2D eigenvalue weighted by molar-refractivity contribution is -0.384. The minimum Gasteiger partial charge on any atom is -0.506 e. The molecule has 1 aromatic carbocycles. The molecule has 0 aliphatic heterocycles. The van der Waals surface area contributed by atoms with Crippen LogP contribution < -0.4 is 5.32 Å². The summed E-state index contributed by atoms with van der Waals surface area (Å²) >= 11 is 11.3. The number of nitrogens with zero attached hydrogens (tertiary/aromatic N) is 3. The van der Waals surface area contributed by atoms with Crippen LogP contribution in [0.1, 0.15) is 10.4 Å². The lowest BCUT2D eigenvalue weighted by Gasteiger charge is -2.07. The van der Waals surface area contributed by atoms with Crippen LogP contribution >= 0.6 is 23.2 Å². The van der Waals surface area contributed by atoms with Gasteiger partial charge >= 0.3 is 0 Å². The molecule has 0 saturated carbocycles. The molecular weight excluding hydrogens is 323 g/mol. The average Bonchev–Trinajstić information content (AvgIpc) is 2.43. The molecule has 0 spiro atoms. The first-order valence-electron chi connectivity index (χ1n) is 5.36. The third-order valence-electron chi connectivity index (χ3n) is 2.40. The maximum absolute atomic E-state index is 12.0. The second kappa shape index (κ2) is 5.90. The van der Waals surface area contributed by atoms with Crippen LogP contribution in [0.5, 0.6) is 5.75 Å². The highest BCUT2D eigenvalue weighted by atomic mass is 35.5. The van der Waals surface area contributed by atoms with Gasteiger partial charge in [-0.05, 0) is 12.1 Å². The first kappa shape index (κ1) is 14.9. The maximum atomic E-state index is 12.0. The molecule has 10 heteroatoms. The van der Waals surface area contributed by atoms with Gasteiger partial charge in [0.1, 0.15) is 5.75 Å². The van der Waals surface area contributed by atoms with Crippen molar-refractivity contribution in [3.8, 4) is 5.75 Å². The molecular formula is C11H6Cl2N4O4. The number of non-ortho nitro benzene ring substituents is 1. The van der Waals surface area contributed by atoms with Crippen LogP contribution in [0.4, 0.5) is 11.4 Å². The Labute approximate surface area is 127 Å². The number of aromatic hydroxyl groups is 1. The van der Waals surface area contributed by atoms with Crippen molar-refractivity contribution in [2.45, 2.75) is 0 Å². The number of carbonyl (C=O) groups excluding carboxylic acids is 1. The Kier molecular flexibility index (Phi) is 4.20. The number of carbonyl (C=O) groups is 1. The smallest absolute Gasteiger partial charge is 0.271 e. The molecule has 2 N–H and O–H groups in total. The van der Waals surface area contributed by atoms with Gasteiger partial charge in [0.05, 0.1) is 16.2 Å². The molecule has 0 radical (unpaired) electrons. The Morgan fingerprint density at radius 1 is 1.29 bits per heavy atom. The second-order valence-electron chi connectivity index (χ2n) is 3.78. The van der Waals surface area contributed by atoms with Gasteiger partial charge in [-0.2, -0.15) is 0 Å². The summed E-state index contributed by atoms with van der Waals surface area (Å²) in [6.45, 7) is 0. The molecule has 2 aromatic rings. The summed E-state index contributed by atoms with van der Waals surface area (Å²) in [7, 11) is 0. The summed E-state index contributed by atoms with van der Waals surface area (Å²) in [5, 5.41) is 29.2. The number of benzene rings is 1. The van der Waals surface area contributed by atoms with Gasteiger partial charge in [0, 0.05) is 12.1 Å². The summed E-state index contributed by atoms with van der Waals surface area (Å²) < 4.78 is 0. The zero-order valence-electron chi connectivity index (χ0n) is 10.1. The van der Waals surface area contributed by atoms with E-state index in [0.717, 1.165) is 18.2 Å². The van der Waals surface area contributed by atoms with E-state index < -0.39 is 10.8 Å². The number of phenols is 1. The molecule has 1 aromatic heterocycles. The minimum absolute atomic E-state index is 0.0483. The zero-order chi connectivity index (χ0) is 15.6.